The molecule has 1 aromatic carbocycles. The number of benzene rings is 1. The van der Waals surface area contributed by atoms with Crippen molar-refractivity contribution in [3.05, 3.63) is 42.0 Å². The van der Waals surface area contributed by atoms with E-state index in [1.165, 1.54) is 35.3 Å². The van der Waals surface area contributed by atoms with Crippen molar-refractivity contribution in [1.29, 1.82) is 0 Å². The zero-order chi connectivity index (χ0) is 18.4. The number of rotatable bonds is 8. The van der Waals surface area contributed by atoms with Gasteiger partial charge in [-0.2, -0.15) is 0 Å². The van der Waals surface area contributed by atoms with E-state index in [2.05, 4.69) is 34.2 Å². The summed E-state index contributed by atoms with van der Waals surface area (Å²) in [7, 11) is 0. The molecule has 5 nitrogen and oxygen atoms in total. The predicted molar refractivity (Wildman–Crippen MR) is 107 cm³/mol. The highest BCUT2D eigenvalue weighted by Crippen LogP contribution is 2.27. The van der Waals surface area contributed by atoms with Crippen LogP contribution in [0, 0.1) is 0 Å². The van der Waals surface area contributed by atoms with Crippen LogP contribution in [-0.4, -0.2) is 28.0 Å². The smallest absolute Gasteiger partial charge is 0.267 e. The topological polar surface area (TPSA) is 64.1 Å². The Hall–Kier alpha value is -1.86. The van der Waals surface area contributed by atoms with E-state index < -0.39 is 6.10 Å². The Balaban J connectivity index is 1.61. The summed E-state index contributed by atoms with van der Waals surface area (Å²) >= 11 is 2.90. The van der Waals surface area contributed by atoms with Crippen LogP contribution < -0.4 is 10.1 Å². The first-order chi connectivity index (χ1) is 12.7. The minimum absolute atomic E-state index is 0.193. The van der Waals surface area contributed by atoms with Gasteiger partial charge in [0.2, 0.25) is 5.13 Å². The Bertz CT molecular complexity index is 776. The average Bonchev–Trinajstić information content (AvgIpc) is 3.11. The molecule has 1 amide bonds. The highest BCUT2D eigenvalue weighted by Gasteiger charge is 2.21. The van der Waals surface area contributed by atoms with Crippen LogP contribution in [-0.2, 0) is 17.6 Å². The van der Waals surface area contributed by atoms with Crippen molar-refractivity contribution in [1.82, 2.24) is 10.2 Å². The van der Waals surface area contributed by atoms with E-state index in [9.17, 15) is 4.79 Å². The molecule has 0 bridgehead atoms. The van der Waals surface area contributed by atoms with Gasteiger partial charge in [-0.1, -0.05) is 42.2 Å². The standard InChI is InChI=1S/C19H23N3O2S2/c1-3-11-25-19-22-21-18(26-19)20-17(23)16(4-2)24-15-10-9-13-7-5-6-8-14(13)12-15/h3,9-10,12,16H,1,4-8,11H2,2H3,(H,20,21,23). The second kappa shape index (κ2) is 9.19. The molecular formula is C19H23N3O2S2. The number of aryl methyl sites for hydroxylation is 2. The molecule has 7 heteroatoms. The molecule has 0 spiro atoms. The Morgan fingerprint density at radius 2 is 2.19 bits per heavy atom. The number of hydrogen-bond acceptors (Lipinski definition) is 6. The van der Waals surface area contributed by atoms with E-state index in [-0.39, 0.29) is 5.91 Å². The third-order valence-corrected chi connectivity index (χ3v) is 6.19. The summed E-state index contributed by atoms with van der Waals surface area (Å²) in [6.45, 7) is 5.62. The Morgan fingerprint density at radius 1 is 1.38 bits per heavy atom. The summed E-state index contributed by atoms with van der Waals surface area (Å²) in [5.41, 5.74) is 2.75. The molecule has 1 N–H and O–H groups in total. The largest absolute Gasteiger partial charge is 0.481 e. The lowest BCUT2D eigenvalue weighted by molar-refractivity contribution is -0.122. The normalized spacial score (nSPS) is 14.3. The number of thioether (sulfide) groups is 1. The molecular weight excluding hydrogens is 366 g/mol. The summed E-state index contributed by atoms with van der Waals surface area (Å²) in [4.78, 5) is 12.5. The second-order valence-corrected chi connectivity index (χ2v) is 8.36. The minimum Gasteiger partial charge on any atom is -0.481 e. The molecule has 0 saturated heterocycles. The van der Waals surface area contributed by atoms with E-state index in [1.54, 1.807) is 11.8 Å². The van der Waals surface area contributed by atoms with Gasteiger partial charge < -0.3 is 4.74 Å². The fraction of sp³-hybridized carbons (Fsp3) is 0.421. The van der Waals surface area contributed by atoms with Crippen LogP contribution >= 0.6 is 23.1 Å². The van der Waals surface area contributed by atoms with Crippen molar-refractivity contribution in [3.8, 4) is 5.75 Å². The van der Waals surface area contributed by atoms with Gasteiger partial charge >= 0.3 is 0 Å². The lowest BCUT2D eigenvalue weighted by atomic mass is 9.92. The van der Waals surface area contributed by atoms with Gasteiger partial charge in [-0.05, 0) is 55.4 Å². The summed E-state index contributed by atoms with van der Waals surface area (Å²) in [5, 5.41) is 11.4. The molecule has 1 unspecified atom stereocenters. The number of fused-ring (bicyclic) bond motifs is 1. The highest BCUT2D eigenvalue weighted by molar-refractivity contribution is 8.01. The van der Waals surface area contributed by atoms with Crippen LogP contribution in [0.2, 0.25) is 0 Å². The molecule has 1 heterocycles. The summed E-state index contributed by atoms with van der Waals surface area (Å²) in [6.07, 6.45) is 6.54. The lowest BCUT2D eigenvalue weighted by Gasteiger charge is -2.20. The predicted octanol–water partition coefficient (Wildman–Crippen LogP) is 4.49. The number of hydrogen-bond donors (Lipinski definition) is 1. The molecule has 1 aliphatic carbocycles. The number of nitrogens with one attached hydrogen (secondary N) is 1. The molecule has 0 fully saturated rings. The van der Waals surface area contributed by atoms with Gasteiger partial charge in [-0.15, -0.1) is 16.8 Å². The summed E-state index contributed by atoms with van der Waals surface area (Å²) in [6, 6.07) is 6.18. The van der Waals surface area contributed by atoms with Gasteiger partial charge in [0.05, 0.1) is 0 Å². The van der Waals surface area contributed by atoms with E-state index >= 15 is 0 Å². The van der Waals surface area contributed by atoms with Crippen molar-refractivity contribution < 1.29 is 9.53 Å². The SMILES string of the molecule is C=CCSc1nnc(NC(=O)C(CC)Oc2ccc3c(c2)CCCC3)s1. The van der Waals surface area contributed by atoms with Crippen molar-refractivity contribution in [2.45, 2.75) is 49.5 Å². The van der Waals surface area contributed by atoms with Crippen LogP contribution in [0.4, 0.5) is 5.13 Å². The zero-order valence-corrected chi connectivity index (χ0v) is 16.5. The minimum atomic E-state index is -0.551. The molecule has 3 rings (SSSR count). The first-order valence-corrected chi connectivity index (χ1v) is 10.7. The number of anilines is 1. The number of carbonyl (C=O) groups excluding carboxylic acids is 1. The van der Waals surface area contributed by atoms with Crippen LogP contribution in [0.3, 0.4) is 0 Å². The van der Waals surface area contributed by atoms with E-state index in [0.29, 0.717) is 11.6 Å². The Morgan fingerprint density at radius 3 is 2.96 bits per heavy atom. The van der Waals surface area contributed by atoms with E-state index in [1.807, 2.05) is 19.1 Å². The molecule has 138 valence electrons. The highest BCUT2D eigenvalue weighted by atomic mass is 32.2. The summed E-state index contributed by atoms with van der Waals surface area (Å²) < 4.78 is 6.77. The number of amides is 1. The van der Waals surface area contributed by atoms with Gasteiger partial charge in [0.15, 0.2) is 10.4 Å². The maximum absolute atomic E-state index is 12.5. The van der Waals surface area contributed by atoms with Crippen molar-refractivity contribution in [2.24, 2.45) is 0 Å². The number of ether oxygens (including phenoxy) is 1. The van der Waals surface area contributed by atoms with Crippen molar-refractivity contribution in [2.75, 3.05) is 11.1 Å². The number of aromatic nitrogens is 2. The van der Waals surface area contributed by atoms with Crippen LogP contribution in [0.25, 0.3) is 0 Å². The molecule has 0 radical (unpaired) electrons. The van der Waals surface area contributed by atoms with E-state index in [4.69, 9.17) is 4.74 Å². The first kappa shape index (κ1) is 18.9. The van der Waals surface area contributed by atoms with Gasteiger partial charge in [-0.3, -0.25) is 10.1 Å². The van der Waals surface area contributed by atoms with Crippen molar-refractivity contribution in [3.63, 3.8) is 0 Å². The van der Waals surface area contributed by atoms with E-state index in [0.717, 1.165) is 28.7 Å². The zero-order valence-electron chi connectivity index (χ0n) is 14.9. The molecule has 1 aliphatic rings. The average molecular weight is 390 g/mol. The number of nitrogens with zero attached hydrogens (tertiary/aromatic N) is 2. The quantitative estimate of drug-likeness (QED) is 0.409. The summed E-state index contributed by atoms with van der Waals surface area (Å²) in [5.74, 6) is 1.33. The molecule has 2 aromatic rings. The molecule has 0 saturated carbocycles. The van der Waals surface area contributed by atoms with Gasteiger partial charge in [0.1, 0.15) is 5.75 Å². The second-order valence-electron chi connectivity index (χ2n) is 6.11. The van der Waals surface area contributed by atoms with Crippen molar-refractivity contribution >= 4 is 34.1 Å². The fourth-order valence-corrected chi connectivity index (χ4v) is 4.42. The molecule has 1 aromatic heterocycles. The Kier molecular flexibility index (Phi) is 6.68. The van der Waals surface area contributed by atoms with Crippen LogP contribution in [0.1, 0.15) is 37.3 Å². The van der Waals surface area contributed by atoms with Gasteiger partial charge in [0, 0.05) is 5.75 Å². The van der Waals surface area contributed by atoms with Crippen LogP contribution in [0.5, 0.6) is 5.75 Å². The van der Waals surface area contributed by atoms with Crippen LogP contribution in [0.15, 0.2) is 35.2 Å². The Labute approximate surface area is 162 Å². The fourth-order valence-electron chi connectivity index (χ4n) is 2.90. The lowest BCUT2D eigenvalue weighted by Crippen LogP contribution is -2.32. The number of carbonyl (C=O) groups is 1. The third kappa shape index (κ3) is 4.86. The maximum Gasteiger partial charge on any atom is 0.267 e. The van der Waals surface area contributed by atoms with Gasteiger partial charge in [-0.25, -0.2) is 0 Å². The molecule has 26 heavy (non-hydrogen) atoms. The first-order valence-electron chi connectivity index (χ1n) is 8.86. The van der Waals surface area contributed by atoms with Gasteiger partial charge in [0.25, 0.3) is 5.91 Å². The maximum atomic E-state index is 12.5. The molecule has 0 aliphatic heterocycles. The molecule has 1 atom stereocenters. The third-order valence-electron chi connectivity index (χ3n) is 4.22. The monoisotopic (exact) mass is 389 g/mol.